The summed E-state index contributed by atoms with van der Waals surface area (Å²) in [4.78, 5) is 20.4. The van der Waals surface area contributed by atoms with Crippen LogP contribution in [0.15, 0.2) is 12.5 Å². The molecule has 16 heavy (non-hydrogen) atoms. The van der Waals surface area contributed by atoms with Gasteiger partial charge in [0.05, 0.1) is 6.33 Å². The number of nitrogens with one attached hydrogen (secondary N) is 2. The van der Waals surface area contributed by atoms with E-state index >= 15 is 0 Å². The van der Waals surface area contributed by atoms with Crippen LogP contribution in [0.2, 0.25) is 0 Å². The maximum atomic E-state index is 11.6. The van der Waals surface area contributed by atoms with Crippen molar-refractivity contribution in [3.63, 3.8) is 0 Å². The molecule has 0 atom stereocenters. The summed E-state index contributed by atoms with van der Waals surface area (Å²) in [6.45, 7) is 7.00. The van der Waals surface area contributed by atoms with E-state index in [2.05, 4.69) is 15.3 Å². The number of carbonyl (C=O) groups excluding carboxylic acids is 1. The molecule has 0 aliphatic rings. The summed E-state index contributed by atoms with van der Waals surface area (Å²) >= 11 is 0. The first kappa shape index (κ1) is 12.7. The predicted molar refractivity (Wildman–Crippen MR) is 62.8 cm³/mol. The Balaban J connectivity index is 2.13. The molecule has 0 saturated heterocycles. The van der Waals surface area contributed by atoms with E-state index in [4.69, 9.17) is 0 Å². The Bertz CT molecular complexity index is 293. The van der Waals surface area contributed by atoms with Gasteiger partial charge in [-0.15, -0.1) is 0 Å². The number of hydrogen-bond acceptors (Lipinski definition) is 3. The monoisotopic (exact) mass is 224 g/mol. The molecule has 0 fully saturated rings. The fourth-order valence-electron chi connectivity index (χ4n) is 1.53. The molecule has 1 amide bonds. The highest BCUT2D eigenvalue weighted by Gasteiger charge is 2.07. The summed E-state index contributed by atoms with van der Waals surface area (Å²) < 4.78 is 0. The van der Waals surface area contributed by atoms with Gasteiger partial charge in [0.15, 0.2) is 0 Å². The molecular formula is C11H20N4O. The molecule has 1 aromatic heterocycles. The first-order valence-corrected chi connectivity index (χ1v) is 5.73. The average molecular weight is 224 g/mol. The minimum Gasteiger partial charge on any atom is -0.347 e. The van der Waals surface area contributed by atoms with Crippen LogP contribution in [0.4, 0.5) is 0 Å². The van der Waals surface area contributed by atoms with Crippen molar-refractivity contribution in [3.8, 4) is 0 Å². The van der Waals surface area contributed by atoms with Crippen LogP contribution in [0.5, 0.6) is 0 Å². The average Bonchev–Trinajstić information content (AvgIpc) is 2.79. The molecule has 2 N–H and O–H groups in total. The van der Waals surface area contributed by atoms with E-state index in [0.29, 0.717) is 13.0 Å². The normalized spacial score (nSPS) is 10.4. The lowest BCUT2D eigenvalue weighted by Crippen LogP contribution is -2.32. The standard InChI is InChI=1S/C11H20N4O/c1-3-15(4-2)11(16)5-6-12-7-10-8-13-9-14-10/h8-9,12H,3-7H2,1-2H3,(H,13,14). The van der Waals surface area contributed by atoms with Gasteiger partial charge in [-0.05, 0) is 13.8 Å². The summed E-state index contributed by atoms with van der Waals surface area (Å²) in [5.41, 5.74) is 1.04. The number of aromatic amines is 1. The molecule has 0 unspecified atom stereocenters. The molecule has 0 spiro atoms. The largest absolute Gasteiger partial charge is 0.347 e. The SMILES string of the molecule is CCN(CC)C(=O)CCNCc1cnc[nH]1. The highest BCUT2D eigenvalue weighted by Crippen LogP contribution is 1.94. The highest BCUT2D eigenvalue weighted by molar-refractivity contribution is 5.76. The third-order valence-electron chi connectivity index (χ3n) is 2.50. The van der Waals surface area contributed by atoms with E-state index in [-0.39, 0.29) is 5.91 Å². The van der Waals surface area contributed by atoms with Crippen molar-refractivity contribution in [1.82, 2.24) is 20.2 Å². The molecule has 0 aliphatic carbocycles. The Morgan fingerprint density at radius 2 is 2.25 bits per heavy atom. The van der Waals surface area contributed by atoms with Crippen LogP contribution in [-0.2, 0) is 11.3 Å². The van der Waals surface area contributed by atoms with Crippen LogP contribution in [0.3, 0.4) is 0 Å². The summed E-state index contributed by atoms with van der Waals surface area (Å²) in [6.07, 6.45) is 3.98. The Labute approximate surface area is 96.3 Å². The lowest BCUT2D eigenvalue weighted by atomic mass is 10.3. The Morgan fingerprint density at radius 3 is 2.81 bits per heavy atom. The van der Waals surface area contributed by atoms with Crippen molar-refractivity contribution in [2.75, 3.05) is 19.6 Å². The maximum Gasteiger partial charge on any atom is 0.223 e. The van der Waals surface area contributed by atoms with E-state index in [9.17, 15) is 4.79 Å². The quantitative estimate of drug-likeness (QED) is 0.672. The summed E-state index contributed by atoms with van der Waals surface area (Å²) in [5.74, 6) is 0.210. The van der Waals surface area contributed by atoms with Crippen LogP contribution in [-0.4, -0.2) is 40.4 Å². The van der Waals surface area contributed by atoms with Gasteiger partial charge < -0.3 is 15.2 Å². The highest BCUT2D eigenvalue weighted by atomic mass is 16.2. The summed E-state index contributed by atoms with van der Waals surface area (Å²) in [7, 11) is 0. The minimum atomic E-state index is 0.210. The second-order valence-electron chi connectivity index (χ2n) is 3.57. The maximum absolute atomic E-state index is 11.6. The van der Waals surface area contributed by atoms with Gasteiger partial charge in [-0.25, -0.2) is 4.98 Å². The van der Waals surface area contributed by atoms with Gasteiger partial charge in [0.1, 0.15) is 0 Å². The van der Waals surface area contributed by atoms with Gasteiger partial charge >= 0.3 is 0 Å². The molecule has 1 rings (SSSR count). The van der Waals surface area contributed by atoms with Crippen LogP contribution in [0, 0.1) is 0 Å². The third kappa shape index (κ3) is 4.02. The first-order valence-electron chi connectivity index (χ1n) is 5.73. The van der Waals surface area contributed by atoms with Gasteiger partial charge in [0.25, 0.3) is 0 Å². The van der Waals surface area contributed by atoms with Crippen molar-refractivity contribution in [1.29, 1.82) is 0 Å². The number of rotatable bonds is 7. The van der Waals surface area contributed by atoms with E-state index in [1.165, 1.54) is 0 Å². The van der Waals surface area contributed by atoms with Crippen LogP contribution in [0.25, 0.3) is 0 Å². The molecule has 0 radical (unpaired) electrons. The molecule has 0 aromatic carbocycles. The molecule has 90 valence electrons. The molecule has 0 saturated carbocycles. The number of H-pyrrole nitrogens is 1. The summed E-state index contributed by atoms with van der Waals surface area (Å²) in [6, 6.07) is 0. The summed E-state index contributed by atoms with van der Waals surface area (Å²) in [5, 5.41) is 3.20. The molecule has 1 aromatic rings. The Hall–Kier alpha value is -1.36. The molecule has 0 aliphatic heterocycles. The number of hydrogen-bond donors (Lipinski definition) is 2. The number of carbonyl (C=O) groups is 1. The van der Waals surface area contributed by atoms with Gasteiger partial charge in [-0.1, -0.05) is 0 Å². The van der Waals surface area contributed by atoms with Gasteiger partial charge in [-0.2, -0.15) is 0 Å². The minimum absolute atomic E-state index is 0.210. The molecule has 5 heteroatoms. The third-order valence-corrected chi connectivity index (χ3v) is 2.50. The molecule has 5 nitrogen and oxygen atoms in total. The van der Waals surface area contributed by atoms with Crippen molar-refractivity contribution in [2.24, 2.45) is 0 Å². The second kappa shape index (κ2) is 7.00. The fourth-order valence-corrected chi connectivity index (χ4v) is 1.53. The molecule has 1 heterocycles. The number of imidazole rings is 1. The second-order valence-corrected chi connectivity index (χ2v) is 3.57. The van der Waals surface area contributed by atoms with Crippen LogP contribution in [0.1, 0.15) is 26.0 Å². The zero-order valence-corrected chi connectivity index (χ0v) is 9.99. The van der Waals surface area contributed by atoms with Crippen molar-refractivity contribution < 1.29 is 4.79 Å². The van der Waals surface area contributed by atoms with Crippen molar-refractivity contribution in [2.45, 2.75) is 26.8 Å². The van der Waals surface area contributed by atoms with Gasteiger partial charge in [-0.3, -0.25) is 4.79 Å². The number of amides is 1. The van der Waals surface area contributed by atoms with Crippen LogP contribution < -0.4 is 5.32 Å². The van der Waals surface area contributed by atoms with E-state index in [1.807, 2.05) is 18.7 Å². The topological polar surface area (TPSA) is 61.0 Å². The Morgan fingerprint density at radius 1 is 1.50 bits per heavy atom. The number of nitrogens with zero attached hydrogens (tertiary/aromatic N) is 2. The number of aromatic nitrogens is 2. The Kier molecular flexibility index (Phi) is 5.56. The molecular weight excluding hydrogens is 204 g/mol. The van der Waals surface area contributed by atoms with E-state index < -0.39 is 0 Å². The fraction of sp³-hybridized carbons (Fsp3) is 0.636. The molecule has 0 bridgehead atoms. The van der Waals surface area contributed by atoms with Crippen LogP contribution >= 0.6 is 0 Å². The van der Waals surface area contributed by atoms with Gasteiger partial charge in [0.2, 0.25) is 5.91 Å². The zero-order chi connectivity index (χ0) is 11.8. The predicted octanol–water partition coefficient (Wildman–Crippen LogP) is 0.758. The lowest BCUT2D eigenvalue weighted by molar-refractivity contribution is -0.130. The van der Waals surface area contributed by atoms with Gasteiger partial charge in [0, 0.05) is 44.5 Å². The first-order chi connectivity index (χ1) is 7.77. The van der Waals surface area contributed by atoms with E-state index in [1.54, 1.807) is 12.5 Å². The van der Waals surface area contributed by atoms with Crippen molar-refractivity contribution >= 4 is 5.91 Å². The smallest absolute Gasteiger partial charge is 0.223 e. The van der Waals surface area contributed by atoms with E-state index in [0.717, 1.165) is 25.3 Å². The van der Waals surface area contributed by atoms with Crippen molar-refractivity contribution in [3.05, 3.63) is 18.2 Å². The lowest BCUT2D eigenvalue weighted by Gasteiger charge is -2.18. The zero-order valence-electron chi connectivity index (χ0n) is 9.99.